The van der Waals surface area contributed by atoms with Gasteiger partial charge in [-0.3, -0.25) is 4.79 Å². The van der Waals surface area contributed by atoms with Crippen molar-refractivity contribution in [1.29, 1.82) is 0 Å². The monoisotopic (exact) mass is 221 g/mol. The fourth-order valence-corrected chi connectivity index (χ4v) is 2.65. The maximum absolute atomic E-state index is 10.6. The predicted molar refractivity (Wildman–Crippen MR) is 67.8 cm³/mol. The lowest BCUT2D eigenvalue weighted by atomic mass is 10.0. The van der Waals surface area contributed by atoms with Crippen molar-refractivity contribution in [2.24, 2.45) is 11.8 Å². The molecule has 3 unspecified atom stereocenters. The van der Waals surface area contributed by atoms with E-state index < -0.39 is 0 Å². The highest BCUT2D eigenvalue weighted by Crippen LogP contribution is 2.36. The Morgan fingerprint density at radius 1 is 1.50 bits per heavy atom. The van der Waals surface area contributed by atoms with E-state index >= 15 is 0 Å². The maximum Gasteiger partial charge on any atom is 0.147 e. The first kappa shape index (κ1) is 13.0. The molecule has 0 amide bonds. The Hall–Kier alpha value is -1.05. The number of allylic oxidation sites excluding steroid dienone is 1. The number of nitrogens with zero attached hydrogens (tertiary/aromatic N) is 1. The Kier molecular flexibility index (Phi) is 4.78. The van der Waals surface area contributed by atoms with Gasteiger partial charge in [-0.25, -0.2) is 0 Å². The van der Waals surface area contributed by atoms with Gasteiger partial charge in [-0.05, 0) is 37.8 Å². The van der Waals surface area contributed by atoms with Crippen LogP contribution in [0.3, 0.4) is 0 Å². The molecule has 0 saturated heterocycles. The van der Waals surface area contributed by atoms with E-state index in [-0.39, 0.29) is 0 Å². The van der Waals surface area contributed by atoms with Gasteiger partial charge in [0.2, 0.25) is 0 Å². The summed E-state index contributed by atoms with van der Waals surface area (Å²) in [5.74, 6) is 1.51. The van der Waals surface area contributed by atoms with Gasteiger partial charge < -0.3 is 4.90 Å². The minimum atomic E-state index is 0.511. The minimum absolute atomic E-state index is 0.511. The molecule has 0 aromatic carbocycles. The molecule has 1 aliphatic carbocycles. The van der Waals surface area contributed by atoms with Crippen LogP contribution in [0, 0.1) is 11.8 Å². The topological polar surface area (TPSA) is 20.3 Å². The molecule has 2 heteroatoms. The van der Waals surface area contributed by atoms with Gasteiger partial charge in [0.05, 0.1) is 0 Å². The van der Waals surface area contributed by atoms with E-state index in [0.29, 0.717) is 12.0 Å². The lowest BCUT2D eigenvalue weighted by molar-refractivity contribution is -0.104. The molecule has 90 valence electrons. The summed E-state index contributed by atoms with van der Waals surface area (Å²) < 4.78 is 0. The maximum atomic E-state index is 10.6. The minimum Gasteiger partial charge on any atom is -0.351 e. The number of hydrogen-bond acceptors (Lipinski definition) is 2. The molecule has 1 saturated carbocycles. The third kappa shape index (κ3) is 2.97. The van der Waals surface area contributed by atoms with Crippen LogP contribution < -0.4 is 0 Å². The SMILES string of the molecule is C=CN(/C=C(/C)C=O)C1CC(CC)CC1C. The molecular formula is C14H23NO. The van der Waals surface area contributed by atoms with Gasteiger partial charge in [0.15, 0.2) is 0 Å². The van der Waals surface area contributed by atoms with Crippen molar-refractivity contribution in [2.75, 3.05) is 0 Å². The summed E-state index contributed by atoms with van der Waals surface area (Å²) in [6, 6.07) is 0.511. The Bertz CT molecular complexity index is 282. The molecule has 0 radical (unpaired) electrons. The van der Waals surface area contributed by atoms with Crippen molar-refractivity contribution in [3.8, 4) is 0 Å². The Balaban J connectivity index is 2.74. The van der Waals surface area contributed by atoms with Gasteiger partial charge in [-0.2, -0.15) is 0 Å². The quantitative estimate of drug-likeness (QED) is 0.524. The Morgan fingerprint density at radius 2 is 2.19 bits per heavy atom. The number of carbonyl (C=O) groups is 1. The Labute approximate surface area is 99.0 Å². The molecule has 1 aliphatic rings. The van der Waals surface area contributed by atoms with Gasteiger partial charge in [-0.1, -0.05) is 26.8 Å². The van der Waals surface area contributed by atoms with Crippen molar-refractivity contribution in [1.82, 2.24) is 4.90 Å². The summed E-state index contributed by atoms with van der Waals surface area (Å²) in [5.41, 5.74) is 0.757. The van der Waals surface area contributed by atoms with Crippen molar-refractivity contribution < 1.29 is 4.79 Å². The van der Waals surface area contributed by atoms with E-state index in [4.69, 9.17) is 0 Å². The second kappa shape index (κ2) is 5.88. The summed E-state index contributed by atoms with van der Waals surface area (Å²) in [6.07, 6.45) is 8.41. The van der Waals surface area contributed by atoms with E-state index in [1.165, 1.54) is 19.3 Å². The van der Waals surface area contributed by atoms with E-state index in [1.54, 1.807) is 0 Å². The summed E-state index contributed by atoms with van der Waals surface area (Å²) in [5, 5.41) is 0. The van der Waals surface area contributed by atoms with Crippen molar-refractivity contribution in [3.05, 3.63) is 24.6 Å². The second-order valence-corrected chi connectivity index (χ2v) is 4.91. The van der Waals surface area contributed by atoms with Gasteiger partial charge in [0, 0.05) is 17.8 Å². The number of aldehydes is 1. The third-order valence-corrected chi connectivity index (χ3v) is 3.65. The van der Waals surface area contributed by atoms with Crippen molar-refractivity contribution in [3.63, 3.8) is 0 Å². The van der Waals surface area contributed by atoms with Crippen LogP contribution in [-0.2, 0) is 4.79 Å². The number of hydrogen-bond donors (Lipinski definition) is 0. The molecule has 2 nitrogen and oxygen atoms in total. The summed E-state index contributed by atoms with van der Waals surface area (Å²) in [7, 11) is 0. The summed E-state index contributed by atoms with van der Waals surface area (Å²) >= 11 is 0. The van der Waals surface area contributed by atoms with E-state index in [1.807, 2.05) is 19.3 Å². The zero-order valence-electron chi connectivity index (χ0n) is 10.6. The summed E-state index contributed by atoms with van der Waals surface area (Å²) in [6.45, 7) is 10.2. The zero-order valence-corrected chi connectivity index (χ0v) is 10.6. The van der Waals surface area contributed by atoms with Gasteiger partial charge >= 0.3 is 0 Å². The summed E-state index contributed by atoms with van der Waals surface area (Å²) in [4.78, 5) is 12.8. The molecule has 0 bridgehead atoms. The lowest BCUT2D eigenvalue weighted by Gasteiger charge is -2.27. The average Bonchev–Trinajstić information content (AvgIpc) is 2.67. The fourth-order valence-electron chi connectivity index (χ4n) is 2.65. The van der Waals surface area contributed by atoms with Crippen LogP contribution in [0.2, 0.25) is 0 Å². The van der Waals surface area contributed by atoms with E-state index in [9.17, 15) is 4.79 Å². The van der Waals surface area contributed by atoms with Crippen LogP contribution in [-0.4, -0.2) is 17.2 Å². The van der Waals surface area contributed by atoms with Crippen LogP contribution >= 0.6 is 0 Å². The van der Waals surface area contributed by atoms with E-state index in [2.05, 4.69) is 25.3 Å². The van der Waals surface area contributed by atoms with Crippen LogP contribution in [0.4, 0.5) is 0 Å². The lowest BCUT2D eigenvalue weighted by Crippen LogP contribution is -2.28. The van der Waals surface area contributed by atoms with Crippen LogP contribution in [0.1, 0.15) is 40.0 Å². The molecule has 16 heavy (non-hydrogen) atoms. The average molecular weight is 221 g/mol. The molecule has 0 heterocycles. The van der Waals surface area contributed by atoms with Crippen LogP contribution in [0.25, 0.3) is 0 Å². The first-order valence-corrected chi connectivity index (χ1v) is 6.15. The normalized spacial score (nSPS) is 30.2. The van der Waals surface area contributed by atoms with Gasteiger partial charge in [-0.15, -0.1) is 0 Å². The molecule has 0 N–H and O–H groups in total. The molecule has 0 aliphatic heterocycles. The highest BCUT2D eigenvalue weighted by Gasteiger charge is 2.32. The molecule has 1 fully saturated rings. The van der Waals surface area contributed by atoms with Crippen molar-refractivity contribution in [2.45, 2.75) is 46.1 Å². The molecular weight excluding hydrogens is 198 g/mol. The highest BCUT2D eigenvalue weighted by molar-refractivity contribution is 5.71. The molecule has 0 aromatic heterocycles. The first-order valence-electron chi connectivity index (χ1n) is 6.15. The van der Waals surface area contributed by atoms with Crippen LogP contribution in [0.5, 0.6) is 0 Å². The molecule has 0 aromatic rings. The van der Waals surface area contributed by atoms with Gasteiger partial charge in [0.1, 0.15) is 6.29 Å². The van der Waals surface area contributed by atoms with Gasteiger partial charge in [0.25, 0.3) is 0 Å². The van der Waals surface area contributed by atoms with Crippen molar-refractivity contribution >= 4 is 6.29 Å². The zero-order chi connectivity index (χ0) is 12.1. The second-order valence-electron chi connectivity index (χ2n) is 4.91. The number of carbonyl (C=O) groups excluding carboxylic acids is 1. The molecule has 3 atom stereocenters. The third-order valence-electron chi connectivity index (χ3n) is 3.65. The predicted octanol–water partition coefficient (Wildman–Crippen LogP) is 3.36. The highest BCUT2D eigenvalue weighted by atomic mass is 16.1. The fraction of sp³-hybridized carbons (Fsp3) is 0.643. The standard InChI is InChI=1S/C14H23NO/c1-5-13-7-12(4)14(8-13)15(6-2)9-11(3)10-16/h6,9-10,12-14H,2,5,7-8H2,1,3-4H3/b11-9-. The Morgan fingerprint density at radius 3 is 2.62 bits per heavy atom. The molecule has 0 spiro atoms. The largest absolute Gasteiger partial charge is 0.351 e. The number of rotatable bonds is 5. The smallest absolute Gasteiger partial charge is 0.147 e. The molecule has 1 rings (SSSR count). The first-order chi connectivity index (χ1) is 7.62. The van der Waals surface area contributed by atoms with E-state index in [0.717, 1.165) is 17.8 Å². The van der Waals surface area contributed by atoms with Crippen LogP contribution in [0.15, 0.2) is 24.6 Å².